The Morgan fingerprint density at radius 1 is 1.42 bits per heavy atom. The molecule has 126 valence electrons. The van der Waals surface area contributed by atoms with Gasteiger partial charge in [0.1, 0.15) is 11.5 Å². The first-order valence-corrected chi connectivity index (χ1v) is 8.86. The number of rotatable bonds is 3. The zero-order valence-corrected chi connectivity index (χ0v) is 15.0. The van der Waals surface area contributed by atoms with Gasteiger partial charge < -0.3 is 14.4 Å². The minimum absolute atomic E-state index is 0.0838. The predicted octanol–water partition coefficient (Wildman–Crippen LogP) is 2.69. The fraction of sp³-hybridized carbons (Fsp3) is 0.444. The van der Waals surface area contributed by atoms with E-state index in [4.69, 9.17) is 9.47 Å². The van der Waals surface area contributed by atoms with Gasteiger partial charge in [-0.15, -0.1) is 0 Å². The maximum Gasteiger partial charge on any atom is 0.313 e. The Morgan fingerprint density at radius 3 is 2.88 bits per heavy atom. The van der Waals surface area contributed by atoms with Gasteiger partial charge in [0.15, 0.2) is 0 Å². The van der Waals surface area contributed by atoms with Crippen LogP contribution in [0.3, 0.4) is 0 Å². The zero-order chi connectivity index (χ0) is 17.1. The van der Waals surface area contributed by atoms with Gasteiger partial charge >= 0.3 is 5.97 Å². The van der Waals surface area contributed by atoms with Crippen molar-refractivity contribution in [1.29, 1.82) is 0 Å². The third-order valence-electron chi connectivity index (χ3n) is 4.87. The Hall–Kier alpha value is -1.66. The molecule has 3 aliphatic rings. The number of hydrogen-bond donors (Lipinski definition) is 0. The Balaban J connectivity index is 1.69. The van der Waals surface area contributed by atoms with E-state index in [0.717, 1.165) is 10.2 Å². The van der Waals surface area contributed by atoms with E-state index >= 15 is 0 Å². The van der Waals surface area contributed by atoms with E-state index in [-0.39, 0.29) is 24.1 Å². The largest absolute Gasteiger partial charge is 0.463 e. The molecule has 0 saturated carbocycles. The van der Waals surface area contributed by atoms with Gasteiger partial charge in [0.25, 0.3) is 0 Å². The molecule has 0 radical (unpaired) electrons. The van der Waals surface area contributed by atoms with Gasteiger partial charge in [-0.25, -0.2) is 0 Å². The number of fused-ring (bicyclic) bond motifs is 1. The van der Waals surface area contributed by atoms with Gasteiger partial charge in [-0.3, -0.25) is 9.59 Å². The highest BCUT2D eigenvalue weighted by molar-refractivity contribution is 9.10. The molecule has 0 aromatic heterocycles. The number of benzene rings is 1. The topological polar surface area (TPSA) is 55.8 Å². The Kier molecular flexibility index (Phi) is 3.58. The normalized spacial score (nSPS) is 33.4. The lowest BCUT2D eigenvalue weighted by atomic mass is 9.77. The molecule has 4 rings (SSSR count). The molecule has 2 bridgehead atoms. The van der Waals surface area contributed by atoms with Crippen LogP contribution in [-0.2, 0) is 19.1 Å². The van der Waals surface area contributed by atoms with E-state index in [1.54, 1.807) is 18.7 Å². The van der Waals surface area contributed by atoms with Crippen molar-refractivity contribution in [2.75, 3.05) is 11.4 Å². The van der Waals surface area contributed by atoms with Crippen LogP contribution in [0.5, 0.6) is 0 Å². The number of carbonyl (C=O) groups excluding carboxylic acids is 2. The van der Waals surface area contributed by atoms with Crippen LogP contribution in [0.1, 0.15) is 13.8 Å². The van der Waals surface area contributed by atoms with E-state index < -0.39 is 17.4 Å². The van der Waals surface area contributed by atoms with Crippen molar-refractivity contribution in [2.24, 2.45) is 11.8 Å². The predicted molar refractivity (Wildman–Crippen MR) is 91.4 cm³/mol. The molecule has 1 amide bonds. The van der Waals surface area contributed by atoms with E-state index in [0.29, 0.717) is 6.54 Å². The van der Waals surface area contributed by atoms with Crippen LogP contribution >= 0.6 is 15.9 Å². The van der Waals surface area contributed by atoms with Crippen molar-refractivity contribution in [1.82, 2.24) is 0 Å². The number of hydrogen-bond acceptors (Lipinski definition) is 4. The zero-order valence-electron chi connectivity index (χ0n) is 13.4. The third kappa shape index (κ3) is 2.16. The lowest BCUT2D eigenvalue weighted by Crippen LogP contribution is -2.40. The number of anilines is 1. The maximum absolute atomic E-state index is 13.1. The molecule has 1 aromatic rings. The fourth-order valence-corrected chi connectivity index (χ4v) is 4.45. The monoisotopic (exact) mass is 391 g/mol. The summed E-state index contributed by atoms with van der Waals surface area (Å²) in [6.45, 7) is 4.03. The number of esters is 1. The molecule has 0 N–H and O–H groups in total. The minimum atomic E-state index is -0.725. The maximum atomic E-state index is 13.1. The minimum Gasteiger partial charge on any atom is -0.463 e. The van der Waals surface area contributed by atoms with Crippen LogP contribution in [0.2, 0.25) is 0 Å². The second-order valence-electron chi connectivity index (χ2n) is 6.76. The second kappa shape index (κ2) is 5.43. The summed E-state index contributed by atoms with van der Waals surface area (Å²) in [6, 6.07) is 7.57. The van der Waals surface area contributed by atoms with Crippen molar-refractivity contribution in [3.8, 4) is 0 Å². The first-order valence-electron chi connectivity index (χ1n) is 8.06. The van der Waals surface area contributed by atoms with Crippen molar-refractivity contribution in [3.63, 3.8) is 0 Å². The Labute approximate surface area is 148 Å². The average Bonchev–Trinajstić information content (AvgIpc) is 3.15. The summed E-state index contributed by atoms with van der Waals surface area (Å²) < 4.78 is 12.3. The molecule has 1 aromatic carbocycles. The number of halogens is 1. The summed E-state index contributed by atoms with van der Waals surface area (Å²) in [7, 11) is 0. The average molecular weight is 392 g/mol. The van der Waals surface area contributed by atoms with Gasteiger partial charge in [0.2, 0.25) is 5.91 Å². The van der Waals surface area contributed by atoms with Gasteiger partial charge in [0, 0.05) is 4.47 Å². The SMILES string of the molecule is CC(C)OC(=O)[C@H]1[C@H]2C=CC3(CN(c4ccccc4Br)C(=O)[C@@H]13)O2. The number of ether oxygens (including phenoxy) is 2. The first-order chi connectivity index (χ1) is 11.4. The first kappa shape index (κ1) is 15.8. The molecule has 24 heavy (non-hydrogen) atoms. The van der Waals surface area contributed by atoms with E-state index in [9.17, 15) is 9.59 Å². The van der Waals surface area contributed by atoms with Gasteiger partial charge in [-0.05, 0) is 41.9 Å². The van der Waals surface area contributed by atoms with Crippen LogP contribution in [0.25, 0.3) is 0 Å². The second-order valence-corrected chi connectivity index (χ2v) is 7.62. The van der Waals surface area contributed by atoms with Gasteiger partial charge in [-0.2, -0.15) is 0 Å². The van der Waals surface area contributed by atoms with Crippen molar-refractivity contribution in [3.05, 3.63) is 40.9 Å². The van der Waals surface area contributed by atoms with Crippen molar-refractivity contribution in [2.45, 2.75) is 31.7 Å². The molecule has 6 heteroatoms. The van der Waals surface area contributed by atoms with E-state index in [2.05, 4.69) is 15.9 Å². The number of carbonyl (C=O) groups is 2. The van der Waals surface area contributed by atoms with Crippen LogP contribution < -0.4 is 4.90 Å². The molecule has 2 saturated heterocycles. The number of amides is 1. The van der Waals surface area contributed by atoms with Gasteiger partial charge in [-0.1, -0.05) is 24.3 Å². The molecule has 0 aliphatic carbocycles. The van der Waals surface area contributed by atoms with Gasteiger partial charge in [0.05, 0.1) is 30.4 Å². The van der Waals surface area contributed by atoms with Crippen LogP contribution in [0, 0.1) is 11.8 Å². The summed E-state index contributed by atoms with van der Waals surface area (Å²) in [6.07, 6.45) is 3.24. The van der Waals surface area contributed by atoms with Crippen molar-refractivity contribution < 1.29 is 19.1 Å². The van der Waals surface area contributed by atoms with Crippen LogP contribution in [0.15, 0.2) is 40.9 Å². The molecule has 1 spiro atoms. The standard InChI is InChI=1S/C18H18BrNO4/c1-10(2)23-17(22)14-13-7-8-18(24-13)9-20(16(21)15(14)18)12-6-4-3-5-11(12)19/h3-8,10,13-15H,9H2,1-2H3/t13-,14+,15-,18?/m1/s1. The summed E-state index contributed by atoms with van der Waals surface area (Å²) in [5.41, 5.74) is 0.0697. The highest BCUT2D eigenvalue weighted by Crippen LogP contribution is 2.53. The molecule has 1 unspecified atom stereocenters. The Bertz CT molecular complexity index is 746. The quantitative estimate of drug-likeness (QED) is 0.587. The third-order valence-corrected chi connectivity index (χ3v) is 5.54. The Morgan fingerprint density at radius 2 is 2.17 bits per heavy atom. The molecule has 5 nitrogen and oxygen atoms in total. The molecule has 2 fully saturated rings. The fourth-order valence-electron chi connectivity index (χ4n) is 3.95. The lowest BCUT2D eigenvalue weighted by Gasteiger charge is -2.23. The molecule has 3 aliphatic heterocycles. The van der Waals surface area contributed by atoms with Crippen LogP contribution in [-0.4, -0.2) is 36.2 Å². The highest BCUT2D eigenvalue weighted by Gasteiger charge is 2.67. The summed E-state index contributed by atoms with van der Waals surface area (Å²) in [5, 5.41) is 0. The number of para-hydroxylation sites is 1. The highest BCUT2D eigenvalue weighted by atomic mass is 79.9. The summed E-state index contributed by atoms with van der Waals surface area (Å²) in [5.74, 6) is -1.53. The van der Waals surface area contributed by atoms with Crippen molar-refractivity contribution >= 4 is 33.5 Å². The molecular formula is C18H18BrNO4. The molecular weight excluding hydrogens is 374 g/mol. The lowest BCUT2D eigenvalue weighted by molar-refractivity contribution is -0.156. The molecule has 3 heterocycles. The van der Waals surface area contributed by atoms with Crippen LogP contribution in [0.4, 0.5) is 5.69 Å². The van der Waals surface area contributed by atoms with E-state index in [1.807, 2.05) is 36.4 Å². The summed E-state index contributed by atoms with van der Waals surface area (Å²) >= 11 is 3.50. The summed E-state index contributed by atoms with van der Waals surface area (Å²) in [4.78, 5) is 27.3. The van der Waals surface area contributed by atoms with E-state index in [1.165, 1.54) is 0 Å². The smallest absolute Gasteiger partial charge is 0.313 e. The number of nitrogens with zero attached hydrogens (tertiary/aromatic N) is 1. The molecule has 4 atom stereocenters.